The summed E-state index contributed by atoms with van der Waals surface area (Å²) in [6.07, 6.45) is -1.56. The molecule has 0 aliphatic heterocycles. The lowest BCUT2D eigenvalue weighted by molar-refractivity contribution is -0.137. The molecular formula is C15H10F3N5O. The number of hydrogen-bond donors (Lipinski definition) is 1. The molecule has 9 heteroatoms. The maximum Gasteiger partial charge on any atom is 0.416 e. The fourth-order valence-electron chi connectivity index (χ4n) is 1.95. The number of aromatic nitrogens is 4. The van der Waals surface area contributed by atoms with E-state index in [2.05, 4.69) is 20.5 Å². The van der Waals surface area contributed by atoms with E-state index < -0.39 is 17.6 Å². The first-order valence-electron chi connectivity index (χ1n) is 6.74. The van der Waals surface area contributed by atoms with Crippen molar-refractivity contribution in [1.82, 2.24) is 19.7 Å². The van der Waals surface area contributed by atoms with Crippen molar-refractivity contribution in [3.63, 3.8) is 0 Å². The van der Waals surface area contributed by atoms with E-state index in [4.69, 9.17) is 0 Å². The Morgan fingerprint density at radius 3 is 2.29 bits per heavy atom. The van der Waals surface area contributed by atoms with Gasteiger partial charge in [-0.2, -0.15) is 13.2 Å². The summed E-state index contributed by atoms with van der Waals surface area (Å²) in [5, 5.41) is 9.80. The molecule has 0 radical (unpaired) electrons. The molecule has 24 heavy (non-hydrogen) atoms. The Bertz CT molecular complexity index is 844. The first-order chi connectivity index (χ1) is 11.4. The predicted octanol–water partition coefficient (Wildman–Crippen LogP) is 2.93. The Balaban J connectivity index is 1.77. The molecule has 122 valence electrons. The molecule has 3 aromatic rings. The van der Waals surface area contributed by atoms with E-state index in [1.54, 1.807) is 12.1 Å². The Kier molecular flexibility index (Phi) is 3.98. The maximum absolute atomic E-state index is 12.5. The van der Waals surface area contributed by atoms with Gasteiger partial charge in [0.05, 0.1) is 5.56 Å². The molecule has 2 heterocycles. The first kappa shape index (κ1) is 15.7. The summed E-state index contributed by atoms with van der Waals surface area (Å²) < 4.78 is 39.1. The molecule has 1 aromatic carbocycles. The van der Waals surface area contributed by atoms with Gasteiger partial charge in [-0.05, 0) is 36.4 Å². The largest absolute Gasteiger partial charge is 0.416 e. The molecule has 0 aliphatic rings. The minimum absolute atomic E-state index is 0.112. The molecule has 0 fully saturated rings. The molecule has 0 spiro atoms. The van der Waals surface area contributed by atoms with Crippen molar-refractivity contribution in [2.24, 2.45) is 0 Å². The van der Waals surface area contributed by atoms with Crippen LogP contribution in [0.3, 0.4) is 0 Å². The molecule has 1 amide bonds. The number of amides is 1. The maximum atomic E-state index is 12.5. The van der Waals surface area contributed by atoms with Crippen LogP contribution in [0.25, 0.3) is 5.82 Å². The Morgan fingerprint density at radius 1 is 1.00 bits per heavy atom. The van der Waals surface area contributed by atoms with Gasteiger partial charge in [0, 0.05) is 5.69 Å². The van der Waals surface area contributed by atoms with E-state index in [0.29, 0.717) is 5.82 Å². The number of alkyl halides is 3. The molecule has 0 unspecified atom stereocenters. The Morgan fingerprint density at radius 2 is 1.67 bits per heavy atom. The third-order valence-corrected chi connectivity index (χ3v) is 3.12. The summed E-state index contributed by atoms with van der Waals surface area (Å²) in [7, 11) is 0. The van der Waals surface area contributed by atoms with Crippen molar-refractivity contribution in [1.29, 1.82) is 0 Å². The third kappa shape index (κ3) is 3.40. The van der Waals surface area contributed by atoms with Crippen LogP contribution in [-0.4, -0.2) is 25.7 Å². The second-order valence-electron chi connectivity index (χ2n) is 4.78. The number of hydrogen-bond acceptors (Lipinski definition) is 4. The quantitative estimate of drug-likeness (QED) is 0.800. The number of nitrogens with zero attached hydrogens (tertiary/aromatic N) is 4. The Labute approximate surface area is 134 Å². The SMILES string of the molecule is O=C(Nc1ccc(C(F)(F)F)cc1)c1cccc(-n2cnnc2)n1. The number of carbonyl (C=O) groups excluding carboxylic acids is 1. The normalized spacial score (nSPS) is 11.3. The molecule has 0 atom stereocenters. The number of nitrogens with one attached hydrogen (secondary N) is 1. The lowest BCUT2D eigenvalue weighted by Gasteiger charge is -2.09. The highest BCUT2D eigenvalue weighted by Crippen LogP contribution is 2.29. The number of halogens is 3. The van der Waals surface area contributed by atoms with Gasteiger partial charge >= 0.3 is 6.18 Å². The monoisotopic (exact) mass is 333 g/mol. The topological polar surface area (TPSA) is 72.7 Å². The fraction of sp³-hybridized carbons (Fsp3) is 0.0667. The summed E-state index contributed by atoms with van der Waals surface area (Å²) in [6, 6.07) is 8.96. The van der Waals surface area contributed by atoms with Gasteiger partial charge in [-0.1, -0.05) is 6.07 Å². The molecule has 0 saturated heterocycles. The van der Waals surface area contributed by atoms with Crippen LogP contribution < -0.4 is 5.32 Å². The minimum Gasteiger partial charge on any atom is -0.321 e. The van der Waals surface area contributed by atoms with Gasteiger partial charge in [-0.25, -0.2) is 4.98 Å². The summed E-state index contributed by atoms with van der Waals surface area (Å²) in [5.74, 6) is -0.0928. The fourth-order valence-corrected chi connectivity index (χ4v) is 1.95. The van der Waals surface area contributed by atoms with Crippen molar-refractivity contribution in [3.05, 3.63) is 66.4 Å². The summed E-state index contributed by atoms with van der Waals surface area (Å²) >= 11 is 0. The van der Waals surface area contributed by atoms with Gasteiger partial charge in [0.25, 0.3) is 5.91 Å². The van der Waals surface area contributed by atoms with Crippen LogP contribution >= 0.6 is 0 Å². The lowest BCUT2D eigenvalue weighted by Crippen LogP contribution is -2.15. The second-order valence-corrected chi connectivity index (χ2v) is 4.78. The van der Waals surface area contributed by atoms with Crippen molar-refractivity contribution in [2.45, 2.75) is 6.18 Å². The van der Waals surface area contributed by atoms with E-state index in [1.807, 2.05) is 0 Å². The Hall–Kier alpha value is -3.23. The first-order valence-corrected chi connectivity index (χ1v) is 6.74. The highest BCUT2D eigenvalue weighted by Gasteiger charge is 2.30. The summed E-state index contributed by atoms with van der Waals surface area (Å²) in [4.78, 5) is 16.3. The lowest BCUT2D eigenvalue weighted by atomic mass is 10.2. The van der Waals surface area contributed by atoms with E-state index in [-0.39, 0.29) is 11.4 Å². The molecule has 3 rings (SSSR count). The molecule has 0 saturated carbocycles. The van der Waals surface area contributed by atoms with Crippen LogP contribution in [0, 0.1) is 0 Å². The van der Waals surface area contributed by atoms with Crippen LogP contribution in [0.15, 0.2) is 55.1 Å². The number of pyridine rings is 1. The molecule has 0 bridgehead atoms. The van der Waals surface area contributed by atoms with Crippen LogP contribution in [0.2, 0.25) is 0 Å². The molecule has 2 aromatic heterocycles. The van der Waals surface area contributed by atoms with Gasteiger partial charge in [0.15, 0.2) is 0 Å². The van der Waals surface area contributed by atoms with Crippen molar-refractivity contribution >= 4 is 11.6 Å². The number of benzene rings is 1. The van der Waals surface area contributed by atoms with Crippen LogP contribution in [0.5, 0.6) is 0 Å². The van der Waals surface area contributed by atoms with Crippen LogP contribution in [0.4, 0.5) is 18.9 Å². The van der Waals surface area contributed by atoms with Gasteiger partial charge < -0.3 is 5.32 Å². The zero-order valence-corrected chi connectivity index (χ0v) is 12.0. The van der Waals surface area contributed by atoms with E-state index >= 15 is 0 Å². The molecule has 6 nitrogen and oxygen atoms in total. The summed E-state index contributed by atoms with van der Waals surface area (Å²) in [5.41, 5.74) is -0.432. The zero-order valence-electron chi connectivity index (χ0n) is 12.0. The second kappa shape index (κ2) is 6.11. The number of anilines is 1. The average Bonchev–Trinajstić information content (AvgIpc) is 3.09. The third-order valence-electron chi connectivity index (χ3n) is 3.12. The van der Waals surface area contributed by atoms with Crippen LogP contribution in [0.1, 0.15) is 16.1 Å². The van der Waals surface area contributed by atoms with Gasteiger partial charge in [0.1, 0.15) is 24.2 Å². The highest BCUT2D eigenvalue weighted by molar-refractivity contribution is 6.02. The van der Waals surface area contributed by atoms with Gasteiger partial charge in [-0.3, -0.25) is 9.36 Å². The molecule has 0 aliphatic carbocycles. The molecular weight excluding hydrogens is 323 g/mol. The highest BCUT2D eigenvalue weighted by atomic mass is 19.4. The van der Waals surface area contributed by atoms with Crippen LogP contribution in [-0.2, 0) is 6.18 Å². The predicted molar refractivity (Wildman–Crippen MR) is 78.6 cm³/mol. The number of carbonyl (C=O) groups is 1. The van der Waals surface area contributed by atoms with E-state index in [1.165, 1.54) is 35.4 Å². The number of rotatable bonds is 3. The molecule has 1 N–H and O–H groups in total. The van der Waals surface area contributed by atoms with Crippen molar-refractivity contribution in [2.75, 3.05) is 5.32 Å². The van der Waals surface area contributed by atoms with E-state index in [0.717, 1.165) is 12.1 Å². The summed E-state index contributed by atoms with van der Waals surface area (Å²) in [6.45, 7) is 0. The van der Waals surface area contributed by atoms with Crippen molar-refractivity contribution < 1.29 is 18.0 Å². The zero-order chi connectivity index (χ0) is 17.2. The van der Waals surface area contributed by atoms with Gasteiger partial charge in [0.2, 0.25) is 0 Å². The van der Waals surface area contributed by atoms with E-state index in [9.17, 15) is 18.0 Å². The smallest absolute Gasteiger partial charge is 0.321 e. The van der Waals surface area contributed by atoms with Crippen molar-refractivity contribution in [3.8, 4) is 5.82 Å². The minimum atomic E-state index is -4.42. The van der Waals surface area contributed by atoms with Gasteiger partial charge in [-0.15, -0.1) is 10.2 Å². The standard InChI is InChI=1S/C15H10F3N5O/c16-15(17,18)10-4-6-11(7-5-10)21-14(24)12-2-1-3-13(22-12)23-8-19-20-9-23/h1-9H,(H,21,24). The average molecular weight is 333 g/mol.